The minimum atomic E-state index is 0.183. The van der Waals surface area contributed by atoms with Crippen LogP contribution in [-0.2, 0) is 6.42 Å². The van der Waals surface area contributed by atoms with Crippen molar-refractivity contribution in [3.05, 3.63) is 34.4 Å². The molecule has 15 heavy (non-hydrogen) atoms. The molecular formula is C9H10N4O2. The van der Waals surface area contributed by atoms with Crippen molar-refractivity contribution in [1.29, 1.82) is 0 Å². The third kappa shape index (κ3) is 1.39. The Hall–Kier alpha value is -2.11. The molecule has 0 bridgehead atoms. The van der Waals surface area contributed by atoms with E-state index in [1.807, 2.05) is 0 Å². The van der Waals surface area contributed by atoms with E-state index in [-0.39, 0.29) is 16.9 Å². The van der Waals surface area contributed by atoms with E-state index in [0.717, 1.165) is 0 Å². The maximum Gasteiger partial charge on any atom is 0.376 e. The molecule has 2 N–H and O–H groups in total. The van der Waals surface area contributed by atoms with E-state index in [1.165, 1.54) is 12.1 Å². The van der Waals surface area contributed by atoms with E-state index < -0.39 is 0 Å². The summed E-state index contributed by atoms with van der Waals surface area (Å²) < 4.78 is 0.639. The number of anilines is 1. The first-order valence-electron chi connectivity index (χ1n) is 4.55. The molecule has 6 heteroatoms. The molecule has 0 spiro atoms. The fraction of sp³-hybridized carbons (Fsp3) is 0.222. The Labute approximate surface area is 85.7 Å². The summed E-state index contributed by atoms with van der Waals surface area (Å²) in [6.07, 6.45) is 0.399. The van der Waals surface area contributed by atoms with Crippen molar-refractivity contribution in [1.82, 2.24) is 5.10 Å². The molecule has 0 radical (unpaired) electrons. The van der Waals surface area contributed by atoms with E-state index >= 15 is 0 Å². The summed E-state index contributed by atoms with van der Waals surface area (Å²) in [6.45, 7) is 1.76. The molecule has 0 amide bonds. The van der Waals surface area contributed by atoms with Crippen molar-refractivity contribution in [2.24, 2.45) is 0 Å². The minimum Gasteiger partial charge on any atom is -0.710 e. The number of nitrogens with zero attached hydrogens (tertiary/aromatic N) is 3. The average molecular weight is 206 g/mol. The topological polar surface area (TPSA) is 92.8 Å². The Balaban J connectivity index is 2.88. The highest BCUT2D eigenvalue weighted by Gasteiger charge is 2.19. The summed E-state index contributed by atoms with van der Waals surface area (Å²) in [5.74, 6) is 0.183. The Morgan fingerprint density at radius 3 is 2.73 bits per heavy atom. The summed E-state index contributed by atoms with van der Waals surface area (Å²) in [5.41, 5.74) is 6.46. The quantitative estimate of drug-likeness (QED) is 0.392. The number of fused-ring (bicyclic) bond motifs is 1. The number of hydrogen-bond acceptors (Lipinski definition) is 4. The zero-order valence-corrected chi connectivity index (χ0v) is 8.17. The molecule has 78 valence electrons. The molecule has 2 aromatic rings. The second-order valence-electron chi connectivity index (χ2n) is 3.19. The van der Waals surface area contributed by atoms with Crippen molar-refractivity contribution >= 4 is 16.7 Å². The summed E-state index contributed by atoms with van der Waals surface area (Å²) in [4.78, 5) is 0.446. The lowest BCUT2D eigenvalue weighted by atomic mass is 10.2. The van der Waals surface area contributed by atoms with Crippen LogP contribution in [0.3, 0.4) is 0 Å². The van der Waals surface area contributed by atoms with Crippen LogP contribution in [0.2, 0.25) is 0 Å². The van der Waals surface area contributed by atoms with Crippen molar-refractivity contribution < 1.29 is 9.58 Å². The van der Waals surface area contributed by atoms with Gasteiger partial charge in [0.15, 0.2) is 0 Å². The molecule has 0 saturated heterocycles. The molecule has 0 atom stereocenters. The monoisotopic (exact) mass is 206 g/mol. The lowest BCUT2D eigenvalue weighted by Gasteiger charge is -2.06. The Morgan fingerprint density at radius 2 is 2.07 bits per heavy atom. The number of aromatic nitrogens is 3. The van der Waals surface area contributed by atoms with Crippen LogP contribution in [0.4, 0.5) is 5.69 Å². The maximum absolute atomic E-state index is 11.7. The number of rotatable bonds is 1. The van der Waals surface area contributed by atoms with Crippen LogP contribution in [0.15, 0.2) is 18.2 Å². The first-order chi connectivity index (χ1) is 7.13. The van der Waals surface area contributed by atoms with E-state index in [2.05, 4.69) is 5.10 Å². The van der Waals surface area contributed by atoms with Gasteiger partial charge in [-0.25, -0.2) is 4.73 Å². The highest BCUT2D eigenvalue weighted by atomic mass is 16.5. The predicted molar refractivity (Wildman–Crippen MR) is 53.5 cm³/mol. The zero-order valence-electron chi connectivity index (χ0n) is 8.17. The van der Waals surface area contributed by atoms with Gasteiger partial charge in [-0.05, 0) is 6.07 Å². The van der Waals surface area contributed by atoms with Crippen molar-refractivity contribution in [3.63, 3.8) is 0 Å². The summed E-state index contributed by atoms with van der Waals surface area (Å²) in [6, 6.07) is 4.51. The second kappa shape index (κ2) is 3.23. The predicted octanol–water partition coefficient (Wildman–Crippen LogP) is -0.354. The van der Waals surface area contributed by atoms with E-state index in [4.69, 9.17) is 5.73 Å². The van der Waals surface area contributed by atoms with E-state index in [1.54, 1.807) is 13.0 Å². The lowest BCUT2D eigenvalue weighted by Crippen LogP contribution is -2.45. The van der Waals surface area contributed by atoms with Gasteiger partial charge in [0.05, 0.1) is 11.3 Å². The highest BCUT2D eigenvalue weighted by Crippen LogP contribution is 2.09. The summed E-state index contributed by atoms with van der Waals surface area (Å²) in [5, 5.41) is 26.8. The van der Waals surface area contributed by atoms with Crippen LogP contribution in [0, 0.1) is 10.4 Å². The average Bonchev–Trinajstić information content (AvgIpc) is 2.23. The van der Waals surface area contributed by atoms with Crippen LogP contribution >= 0.6 is 0 Å². The van der Waals surface area contributed by atoms with Gasteiger partial charge in [0, 0.05) is 17.8 Å². The van der Waals surface area contributed by atoms with Crippen molar-refractivity contribution in [2.45, 2.75) is 13.3 Å². The molecule has 1 aromatic carbocycles. The first kappa shape index (κ1) is 9.45. The van der Waals surface area contributed by atoms with Gasteiger partial charge in [-0.15, -0.1) is 0 Å². The first-order valence-corrected chi connectivity index (χ1v) is 4.55. The molecule has 2 rings (SSSR count). The van der Waals surface area contributed by atoms with E-state index in [0.29, 0.717) is 21.7 Å². The normalized spacial score (nSPS) is 10.7. The minimum absolute atomic E-state index is 0.183. The van der Waals surface area contributed by atoms with Crippen LogP contribution in [0.1, 0.15) is 12.7 Å². The molecule has 6 nitrogen and oxygen atoms in total. The van der Waals surface area contributed by atoms with Crippen molar-refractivity contribution in [2.75, 3.05) is 5.73 Å². The molecule has 0 aliphatic carbocycles. The van der Waals surface area contributed by atoms with Gasteiger partial charge in [-0.1, -0.05) is 6.92 Å². The highest BCUT2D eigenvalue weighted by molar-refractivity contribution is 5.72. The zero-order chi connectivity index (χ0) is 11.0. The van der Waals surface area contributed by atoms with Gasteiger partial charge in [-0.3, -0.25) is 0 Å². The van der Waals surface area contributed by atoms with Gasteiger partial charge in [-0.2, -0.15) is 0 Å². The molecule has 1 aromatic heterocycles. The van der Waals surface area contributed by atoms with Crippen LogP contribution in [0.5, 0.6) is 0 Å². The van der Waals surface area contributed by atoms with Gasteiger partial charge in [0.2, 0.25) is 10.6 Å². The Kier molecular flexibility index (Phi) is 2.03. The van der Waals surface area contributed by atoms with Crippen LogP contribution < -0.4 is 15.3 Å². The molecule has 1 heterocycles. The molecule has 0 aliphatic heterocycles. The largest absolute Gasteiger partial charge is 0.710 e. The number of hydrogen-bond donors (Lipinski definition) is 1. The Morgan fingerprint density at radius 1 is 1.33 bits per heavy atom. The third-order valence-electron chi connectivity index (χ3n) is 2.18. The van der Waals surface area contributed by atoms with Gasteiger partial charge < -0.3 is 16.1 Å². The number of nitrogens with two attached hydrogens (primary N) is 1. The number of aryl methyl sites for hydroxylation is 1. The standard InChI is InChI=1S/C9H10N4O2/c1-2-9-11-13(15)7-4-3-6(10)5-8(7)12(9)14/h3-5H,2,10H2,1H3. The Bertz CT molecular complexity index is 527. The third-order valence-corrected chi connectivity index (χ3v) is 2.18. The lowest BCUT2D eigenvalue weighted by molar-refractivity contribution is -0.685. The summed E-state index contributed by atoms with van der Waals surface area (Å²) in [7, 11) is 0. The van der Waals surface area contributed by atoms with Gasteiger partial charge >= 0.3 is 11.3 Å². The SMILES string of the molecule is CCc1n[n+]([O-])c2ccc(N)cc2[n+]1[O-]. The molecule has 0 aliphatic rings. The molecule has 0 fully saturated rings. The summed E-state index contributed by atoms with van der Waals surface area (Å²) >= 11 is 0. The van der Waals surface area contributed by atoms with Crippen molar-refractivity contribution in [3.8, 4) is 0 Å². The second-order valence-corrected chi connectivity index (χ2v) is 3.19. The van der Waals surface area contributed by atoms with Gasteiger partial charge in [0.25, 0.3) is 0 Å². The fourth-order valence-electron chi connectivity index (χ4n) is 1.42. The van der Waals surface area contributed by atoms with E-state index in [9.17, 15) is 10.4 Å². The van der Waals surface area contributed by atoms with Gasteiger partial charge in [0.1, 0.15) is 0 Å². The fourth-order valence-corrected chi connectivity index (χ4v) is 1.42. The van der Waals surface area contributed by atoms with Crippen LogP contribution in [-0.4, -0.2) is 5.10 Å². The van der Waals surface area contributed by atoms with Crippen LogP contribution in [0.25, 0.3) is 11.0 Å². The molecule has 0 saturated carbocycles. The molecule has 0 unspecified atom stereocenters. The molecular weight excluding hydrogens is 196 g/mol. The maximum atomic E-state index is 11.7. The number of benzene rings is 1. The number of nitrogen functional groups attached to an aromatic ring is 1. The smallest absolute Gasteiger partial charge is 0.376 e.